The van der Waals surface area contributed by atoms with Gasteiger partial charge in [-0.3, -0.25) is 9.59 Å². The molecule has 5 unspecified atom stereocenters. The van der Waals surface area contributed by atoms with E-state index in [4.69, 9.17) is 5.73 Å². The lowest BCUT2D eigenvalue weighted by Gasteiger charge is -2.63. The third-order valence-electron chi connectivity index (χ3n) is 8.95. The minimum absolute atomic E-state index is 0.110. The number of benzene rings is 1. The van der Waals surface area contributed by atoms with Crippen LogP contribution in [0, 0.1) is 23.2 Å². The zero-order chi connectivity index (χ0) is 20.5. The predicted molar refractivity (Wildman–Crippen MR) is 114 cm³/mol. The third kappa shape index (κ3) is 3.00. The van der Waals surface area contributed by atoms with E-state index >= 15 is 0 Å². The molecule has 5 aliphatic carbocycles. The van der Waals surface area contributed by atoms with Gasteiger partial charge in [0.1, 0.15) is 0 Å². The second-order valence-electron chi connectivity index (χ2n) is 11.2. The highest BCUT2D eigenvalue weighted by Gasteiger charge is 2.62. The van der Waals surface area contributed by atoms with E-state index in [0.717, 1.165) is 56.6 Å². The van der Waals surface area contributed by atoms with Crippen molar-refractivity contribution in [3.8, 4) is 0 Å². The number of nitrogens with zero attached hydrogens (tertiary/aromatic N) is 1. The van der Waals surface area contributed by atoms with Gasteiger partial charge < -0.3 is 16.0 Å². The van der Waals surface area contributed by atoms with Crippen LogP contribution in [0.15, 0.2) is 30.3 Å². The Balaban J connectivity index is 1.21. The molecule has 6 fully saturated rings. The minimum atomic E-state index is -0.409. The fourth-order valence-corrected chi connectivity index (χ4v) is 8.07. The van der Waals surface area contributed by atoms with Gasteiger partial charge in [0.25, 0.3) is 0 Å². The number of rotatable bonds is 5. The molecule has 7 rings (SSSR count). The van der Waals surface area contributed by atoms with Crippen LogP contribution in [0.25, 0.3) is 0 Å². The van der Waals surface area contributed by atoms with Gasteiger partial charge in [0.2, 0.25) is 11.8 Å². The number of hydrogen-bond donors (Lipinski definition) is 2. The fraction of sp³-hybridized carbons (Fsp3) is 0.680. The van der Waals surface area contributed by atoms with Crippen LogP contribution in [-0.2, 0) is 16.0 Å². The molecule has 30 heavy (non-hydrogen) atoms. The van der Waals surface area contributed by atoms with E-state index in [1.807, 2.05) is 30.3 Å². The monoisotopic (exact) mass is 407 g/mol. The average Bonchev–Trinajstić information content (AvgIpc) is 3.35. The quantitative estimate of drug-likeness (QED) is 0.788. The summed E-state index contributed by atoms with van der Waals surface area (Å²) in [5.41, 5.74) is 7.54. The highest BCUT2D eigenvalue weighted by Crippen LogP contribution is 2.63. The molecule has 1 saturated heterocycles. The lowest BCUT2D eigenvalue weighted by Crippen LogP contribution is -2.68. The lowest BCUT2D eigenvalue weighted by molar-refractivity contribution is -0.147. The zero-order valence-electron chi connectivity index (χ0n) is 17.7. The average molecular weight is 408 g/mol. The van der Waals surface area contributed by atoms with Gasteiger partial charge >= 0.3 is 0 Å². The Morgan fingerprint density at radius 1 is 1.10 bits per heavy atom. The Morgan fingerprint density at radius 2 is 1.83 bits per heavy atom. The second kappa shape index (κ2) is 6.56. The molecule has 1 heterocycles. The predicted octanol–water partition coefficient (Wildman–Crippen LogP) is 2.63. The van der Waals surface area contributed by atoms with Crippen LogP contribution in [0.3, 0.4) is 0 Å². The number of likely N-dealkylation sites (tertiary alicyclic amines) is 1. The molecule has 4 bridgehead atoms. The summed E-state index contributed by atoms with van der Waals surface area (Å²) in [6, 6.07) is 10.0. The van der Waals surface area contributed by atoms with E-state index in [1.54, 1.807) is 0 Å². The summed E-state index contributed by atoms with van der Waals surface area (Å²) in [7, 11) is 0. The standard InChI is InChI=1S/C25H33N3O2/c26-22(23(30)28-7-6-19-10-20(19)28)24-11-17-8-18(12-24)14-25(13-17,15-24)27-21(29)9-16-4-2-1-3-5-16/h1-5,17-20,22H,6-15,26H2,(H,27,29). The summed E-state index contributed by atoms with van der Waals surface area (Å²) in [4.78, 5) is 28.4. The van der Waals surface area contributed by atoms with Gasteiger partial charge in [0, 0.05) is 18.1 Å². The number of hydrogen-bond acceptors (Lipinski definition) is 3. The van der Waals surface area contributed by atoms with E-state index in [9.17, 15) is 9.59 Å². The van der Waals surface area contributed by atoms with E-state index in [1.165, 1.54) is 12.8 Å². The van der Waals surface area contributed by atoms with Crippen LogP contribution in [-0.4, -0.2) is 40.9 Å². The molecular formula is C25H33N3O2. The van der Waals surface area contributed by atoms with E-state index in [-0.39, 0.29) is 22.8 Å². The molecular weight excluding hydrogens is 374 g/mol. The van der Waals surface area contributed by atoms with Gasteiger partial charge in [-0.2, -0.15) is 0 Å². The molecule has 3 N–H and O–H groups in total. The Labute approximate surface area is 178 Å². The third-order valence-corrected chi connectivity index (χ3v) is 8.95. The van der Waals surface area contributed by atoms with Crippen molar-refractivity contribution in [2.24, 2.45) is 28.9 Å². The molecule has 1 aromatic rings. The van der Waals surface area contributed by atoms with Crippen LogP contribution in [0.5, 0.6) is 0 Å². The Hall–Kier alpha value is -1.88. The number of amides is 2. The van der Waals surface area contributed by atoms with Crippen LogP contribution in [0.2, 0.25) is 0 Å². The first-order valence-corrected chi connectivity index (χ1v) is 11.9. The van der Waals surface area contributed by atoms with Crippen molar-refractivity contribution in [2.75, 3.05) is 6.54 Å². The van der Waals surface area contributed by atoms with Gasteiger partial charge in [0.05, 0.1) is 12.5 Å². The maximum atomic E-state index is 13.4. The van der Waals surface area contributed by atoms with Gasteiger partial charge in [-0.25, -0.2) is 0 Å². The molecule has 0 spiro atoms. The van der Waals surface area contributed by atoms with Crippen LogP contribution in [0.1, 0.15) is 56.9 Å². The Kier molecular flexibility index (Phi) is 4.12. The molecule has 1 aromatic carbocycles. The maximum Gasteiger partial charge on any atom is 0.240 e. The molecule has 0 radical (unpaired) electrons. The van der Waals surface area contributed by atoms with E-state index in [0.29, 0.717) is 24.3 Å². The van der Waals surface area contributed by atoms with E-state index < -0.39 is 6.04 Å². The molecule has 6 aliphatic rings. The normalized spacial score (nSPS) is 41.4. The fourth-order valence-electron chi connectivity index (χ4n) is 8.07. The molecule has 5 saturated carbocycles. The molecule has 1 aliphatic heterocycles. The highest BCUT2D eigenvalue weighted by molar-refractivity contribution is 5.84. The number of nitrogens with two attached hydrogens (primary N) is 1. The number of carbonyl (C=O) groups is 2. The lowest BCUT2D eigenvalue weighted by atomic mass is 9.45. The van der Waals surface area contributed by atoms with Crippen molar-refractivity contribution in [2.45, 2.75) is 75.4 Å². The van der Waals surface area contributed by atoms with Crippen molar-refractivity contribution >= 4 is 11.8 Å². The Morgan fingerprint density at radius 3 is 2.47 bits per heavy atom. The van der Waals surface area contributed by atoms with E-state index in [2.05, 4.69) is 10.2 Å². The van der Waals surface area contributed by atoms with Gasteiger partial charge in [-0.1, -0.05) is 30.3 Å². The smallest absolute Gasteiger partial charge is 0.240 e. The maximum absolute atomic E-state index is 13.4. The number of carbonyl (C=O) groups excluding carboxylic acids is 2. The molecule has 5 atom stereocenters. The van der Waals surface area contributed by atoms with Crippen molar-refractivity contribution < 1.29 is 9.59 Å². The largest absolute Gasteiger partial charge is 0.350 e. The highest BCUT2D eigenvalue weighted by atomic mass is 16.2. The first-order chi connectivity index (χ1) is 14.5. The number of nitrogens with one attached hydrogen (secondary N) is 1. The van der Waals surface area contributed by atoms with Crippen molar-refractivity contribution in [3.05, 3.63) is 35.9 Å². The summed E-state index contributed by atoms with van der Waals surface area (Å²) in [5, 5.41) is 3.46. The van der Waals surface area contributed by atoms with Crippen molar-refractivity contribution in [1.29, 1.82) is 0 Å². The van der Waals surface area contributed by atoms with Crippen LogP contribution in [0.4, 0.5) is 0 Å². The first kappa shape index (κ1) is 18.9. The second-order valence-corrected chi connectivity index (χ2v) is 11.2. The summed E-state index contributed by atoms with van der Waals surface area (Å²) in [6.07, 6.45) is 9.12. The zero-order valence-corrected chi connectivity index (χ0v) is 17.7. The summed E-state index contributed by atoms with van der Waals surface area (Å²) in [6.45, 7) is 0.893. The van der Waals surface area contributed by atoms with Crippen LogP contribution >= 0.6 is 0 Å². The van der Waals surface area contributed by atoms with Crippen molar-refractivity contribution in [1.82, 2.24) is 10.2 Å². The SMILES string of the molecule is NC(C(=O)N1CCC2CC21)C12CC3CC(CC(NC(=O)Cc4ccccc4)(C3)C1)C2. The summed E-state index contributed by atoms with van der Waals surface area (Å²) < 4.78 is 0. The minimum Gasteiger partial charge on any atom is -0.350 e. The molecule has 0 aromatic heterocycles. The van der Waals surface area contributed by atoms with Crippen LogP contribution < -0.4 is 11.1 Å². The topological polar surface area (TPSA) is 75.4 Å². The molecule has 160 valence electrons. The van der Waals surface area contributed by atoms with Gasteiger partial charge in [-0.15, -0.1) is 0 Å². The number of piperidine rings is 1. The first-order valence-electron chi connectivity index (χ1n) is 11.9. The van der Waals surface area contributed by atoms with Gasteiger partial charge in [0.15, 0.2) is 0 Å². The number of fused-ring (bicyclic) bond motifs is 1. The molecule has 2 amide bonds. The summed E-state index contributed by atoms with van der Waals surface area (Å²) in [5.74, 6) is 2.22. The molecule has 5 nitrogen and oxygen atoms in total. The Bertz CT molecular complexity index is 854. The van der Waals surface area contributed by atoms with Gasteiger partial charge in [-0.05, 0) is 80.1 Å². The van der Waals surface area contributed by atoms with Crippen molar-refractivity contribution in [3.63, 3.8) is 0 Å². The molecule has 5 heteroatoms. The summed E-state index contributed by atoms with van der Waals surface area (Å²) >= 11 is 0.